The highest BCUT2D eigenvalue weighted by Crippen LogP contribution is 2.47. The summed E-state index contributed by atoms with van der Waals surface area (Å²) in [7, 11) is 5.51. The maximum absolute atomic E-state index is 13.9. The number of benzene rings is 2. The minimum Gasteiger partial charge on any atom is -0.497 e. The molecule has 0 spiro atoms. The third kappa shape index (κ3) is 6.58. The van der Waals surface area contributed by atoms with Gasteiger partial charge in [0.25, 0.3) is 5.91 Å². The van der Waals surface area contributed by atoms with Crippen molar-refractivity contribution in [1.29, 1.82) is 0 Å². The van der Waals surface area contributed by atoms with E-state index in [2.05, 4.69) is 5.32 Å². The number of hydrogen-bond acceptors (Lipinski definition) is 6. The Morgan fingerprint density at radius 1 is 1.21 bits per heavy atom. The normalized spacial score (nSPS) is 17.8. The van der Waals surface area contributed by atoms with Gasteiger partial charge in [0.15, 0.2) is 6.10 Å². The number of amides is 2. The Morgan fingerprint density at radius 3 is 2.59 bits per heavy atom. The molecule has 3 rings (SSSR count). The predicted molar refractivity (Wildman–Crippen MR) is 137 cm³/mol. The van der Waals surface area contributed by atoms with Crippen molar-refractivity contribution < 1.29 is 19.1 Å². The lowest BCUT2D eigenvalue weighted by Gasteiger charge is -2.28. The fraction of sp³-hybridized carbons (Fsp3) is 0.440. The maximum Gasteiger partial charge on any atom is 0.407 e. The summed E-state index contributed by atoms with van der Waals surface area (Å²) >= 11 is 7.80. The molecule has 1 N–H and O–H groups in total. The number of unbranched alkanes of at least 4 members (excludes halogenated alkanes) is 1. The number of methoxy groups -OCH3 is 1. The summed E-state index contributed by atoms with van der Waals surface area (Å²) in [4.78, 5) is 31.1. The average Bonchev–Trinajstić information content (AvgIpc) is 2.92. The number of ether oxygens (including phenoxy) is 2. The van der Waals surface area contributed by atoms with Crippen LogP contribution in [0.4, 0.5) is 10.5 Å². The number of anilines is 1. The van der Waals surface area contributed by atoms with Crippen LogP contribution in [0.25, 0.3) is 0 Å². The number of halogens is 1. The summed E-state index contributed by atoms with van der Waals surface area (Å²) in [6.45, 7) is 3.65. The van der Waals surface area contributed by atoms with E-state index in [1.165, 1.54) is 11.8 Å². The van der Waals surface area contributed by atoms with Gasteiger partial charge < -0.3 is 24.6 Å². The zero-order valence-electron chi connectivity index (χ0n) is 20.0. The molecule has 184 valence electrons. The number of thioether (sulfide) groups is 1. The summed E-state index contributed by atoms with van der Waals surface area (Å²) in [6, 6.07) is 13.0. The van der Waals surface area contributed by atoms with Crippen molar-refractivity contribution in [1.82, 2.24) is 10.2 Å². The van der Waals surface area contributed by atoms with Crippen molar-refractivity contribution in [3.8, 4) is 5.75 Å². The van der Waals surface area contributed by atoms with Crippen LogP contribution < -0.4 is 15.0 Å². The van der Waals surface area contributed by atoms with E-state index in [1.807, 2.05) is 62.3 Å². The van der Waals surface area contributed by atoms with Crippen LogP contribution in [-0.2, 0) is 9.53 Å². The molecule has 0 saturated carbocycles. The van der Waals surface area contributed by atoms with E-state index < -0.39 is 17.4 Å². The number of fused-ring (bicyclic) bond motifs is 1. The Labute approximate surface area is 210 Å². The van der Waals surface area contributed by atoms with E-state index in [4.69, 9.17) is 21.1 Å². The molecule has 1 heterocycles. The highest BCUT2D eigenvalue weighted by Gasteiger charge is 2.41. The number of nitrogens with zero attached hydrogens (tertiary/aromatic N) is 2. The summed E-state index contributed by atoms with van der Waals surface area (Å²) < 4.78 is 11.1. The Morgan fingerprint density at radius 2 is 1.94 bits per heavy atom. The fourth-order valence-electron chi connectivity index (χ4n) is 3.61. The van der Waals surface area contributed by atoms with Crippen LogP contribution in [0.2, 0.25) is 5.02 Å². The lowest BCUT2D eigenvalue weighted by Crippen LogP contribution is -2.46. The number of rotatable bonds is 9. The molecule has 2 unspecified atom stereocenters. The van der Waals surface area contributed by atoms with Gasteiger partial charge in [0.05, 0.1) is 18.0 Å². The highest BCUT2D eigenvalue weighted by atomic mass is 35.5. The lowest BCUT2D eigenvalue weighted by atomic mass is 10.1. The van der Waals surface area contributed by atoms with Gasteiger partial charge in [0, 0.05) is 29.6 Å². The van der Waals surface area contributed by atoms with Crippen molar-refractivity contribution in [2.45, 2.75) is 36.0 Å². The Kier molecular flexibility index (Phi) is 9.50. The summed E-state index contributed by atoms with van der Waals surface area (Å²) in [5, 5.41) is 2.89. The molecule has 0 fully saturated rings. The van der Waals surface area contributed by atoms with E-state index in [0.717, 1.165) is 29.0 Å². The van der Waals surface area contributed by atoms with Crippen molar-refractivity contribution in [2.75, 3.05) is 45.7 Å². The molecular formula is C25H32ClN3O4S. The van der Waals surface area contributed by atoms with Crippen LogP contribution in [0.1, 0.15) is 30.6 Å². The molecule has 2 aromatic carbocycles. The van der Waals surface area contributed by atoms with Gasteiger partial charge in [0.1, 0.15) is 5.75 Å². The van der Waals surface area contributed by atoms with Crippen LogP contribution in [0.5, 0.6) is 5.75 Å². The van der Waals surface area contributed by atoms with E-state index in [1.54, 1.807) is 18.1 Å². The first-order valence-electron chi connectivity index (χ1n) is 11.3. The molecule has 34 heavy (non-hydrogen) atoms. The number of carbonyl (C=O) groups is 2. The SMILES string of the molecule is CCCCNC(=O)OC1C(=O)N(CCN(C)C)c2ccc(Cl)cc2SC1c1ccc(OC)cc1. The molecule has 7 nitrogen and oxygen atoms in total. The van der Waals surface area contributed by atoms with Crippen molar-refractivity contribution >= 4 is 41.1 Å². The molecule has 2 amide bonds. The number of hydrogen-bond donors (Lipinski definition) is 1. The quantitative estimate of drug-likeness (QED) is 0.484. The van der Waals surface area contributed by atoms with Gasteiger partial charge in [-0.2, -0.15) is 0 Å². The molecular weight excluding hydrogens is 474 g/mol. The number of carbonyl (C=O) groups excluding carboxylic acids is 2. The molecule has 2 atom stereocenters. The first-order chi connectivity index (χ1) is 16.3. The van der Waals surface area contributed by atoms with Gasteiger partial charge in [-0.15, -0.1) is 11.8 Å². The second-order valence-corrected chi connectivity index (χ2v) is 9.94. The topological polar surface area (TPSA) is 71.1 Å². The molecule has 1 aliphatic heterocycles. The fourth-order valence-corrected chi connectivity index (χ4v) is 5.20. The Hall–Kier alpha value is -2.42. The van der Waals surface area contributed by atoms with Crippen molar-refractivity contribution in [2.24, 2.45) is 0 Å². The Bertz CT molecular complexity index is 987. The van der Waals surface area contributed by atoms with Gasteiger partial charge >= 0.3 is 6.09 Å². The molecule has 0 aromatic heterocycles. The third-order valence-electron chi connectivity index (χ3n) is 5.50. The van der Waals surface area contributed by atoms with Gasteiger partial charge in [-0.05, 0) is 56.4 Å². The average molecular weight is 506 g/mol. The lowest BCUT2D eigenvalue weighted by molar-refractivity contribution is -0.126. The molecule has 0 bridgehead atoms. The molecule has 0 aliphatic carbocycles. The third-order valence-corrected chi connectivity index (χ3v) is 7.09. The highest BCUT2D eigenvalue weighted by molar-refractivity contribution is 7.99. The predicted octanol–water partition coefficient (Wildman–Crippen LogP) is 4.99. The molecule has 9 heteroatoms. The minimum absolute atomic E-state index is 0.262. The largest absolute Gasteiger partial charge is 0.497 e. The molecule has 0 saturated heterocycles. The van der Waals surface area contributed by atoms with Crippen LogP contribution in [-0.4, -0.2) is 63.8 Å². The zero-order valence-corrected chi connectivity index (χ0v) is 21.6. The van der Waals surface area contributed by atoms with Gasteiger partial charge in [-0.1, -0.05) is 37.1 Å². The van der Waals surface area contributed by atoms with Gasteiger partial charge in [-0.25, -0.2) is 4.79 Å². The van der Waals surface area contributed by atoms with Crippen LogP contribution in [0.3, 0.4) is 0 Å². The molecule has 1 aliphatic rings. The summed E-state index contributed by atoms with van der Waals surface area (Å²) in [6.07, 6.45) is 0.167. The second kappa shape index (κ2) is 12.3. The van der Waals surface area contributed by atoms with Crippen LogP contribution in [0, 0.1) is 0 Å². The molecule has 0 radical (unpaired) electrons. The van der Waals surface area contributed by atoms with E-state index in [-0.39, 0.29) is 5.91 Å². The maximum atomic E-state index is 13.9. The van der Waals surface area contributed by atoms with Crippen LogP contribution in [0.15, 0.2) is 47.4 Å². The smallest absolute Gasteiger partial charge is 0.407 e. The number of nitrogens with one attached hydrogen (secondary N) is 1. The van der Waals surface area contributed by atoms with Crippen LogP contribution >= 0.6 is 23.4 Å². The summed E-state index contributed by atoms with van der Waals surface area (Å²) in [5.41, 5.74) is 1.61. The van der Waals surface area contributed by atoms with Gasteiger partial charge in [0.2, 0.25) is 0 Å². The first-order valence-corrected chi connectivity index (χ1v) is 12.6. The van der Waals surface area contributed by atoms with Gasteiger partial charge in [-0.3, -0.25) is 4.79 Å². The van der Waals surface area contributed by atoms with Crippen molar-refractivity contribution in [3.63, 3.8) is 0 Å². The summed E-state index contributed by atoms with van der Waals surface area (Å²) in [5.74, 6) is 0.446. The zero-order chi connectivity index (χ0) is 24.7. The second-order valence-electron chi connectivity index (χ2n) is 8.32. The molecule has 2 aromatic rings. The minimum atomic E-state index is -1.02. The number of likely N-dealkylation sites (N-methyl/N-ethyl adjacent to an activating group) is 1. The van der Waals surface area contributed by atoms with E-state index >= 15 is 0 Å². The van der Waals surface area contributed by atoms with E-state index in [0.29, 0.717) is 30.4 Å². The first kappa shape index (κ1) is 26.2. The van der Waals surface area contributed by atoms with E-state index in [9.17, 15) is 9.59 Å². The number of alkyl carbamates (subject to hydrolysis) is 1. The van der Waals surface area contributed by atoms with Crippen molar-refractivity contribution in [3.05, 3.63) is 53.1 Å². The Balaban J connectivity index is 2.02. The standard InChI is InChI=1S/C25H32ClN3O4S/c1-5-6-13-27-25(31)33-22-23(17-7-10-19(32-4)11-8-17)34-21-16-18(26)9-12-20(21)29(24(22)30)15-14-28(2)3/h7-12,16,22-23H,5-6,13-15H2,1-4H3,(H,27,31). The monoisotopic (exact) mass is 505 g/mol.